The Morgan fingerprint density at radius 3 is 2.55 bits per heavy atom. The summed E-state index contributed by atoms with van der Waals surface area (Å²) in [5, 5.41) is 9.87. The molecule has 3 unspecified atom stereocenters. The van der Waals surface area contributed by atoms with Gasteiger partial charge >= 0.3 is 0 Å². The Morgan fingerprint density at radius 2 is 1.91 bits per heavy atom. The number of halogens is 2. The van der Waals surface area contributed by atoms with Gasteiger partial charge in [-0.25, -0.2) is 8.78 Å². The maximum atomic E-state index is 13.9. The van der Waals surface area contributed by atoms with E-state index >= 15 is 0 Å². The minimum Gasteiger partial charge on any atom is -0.382 e. The predicted molar refractivity (Wildman–Crippen MR) is 89.0 cm³/mol. The number of thiol groups is 1. The lowest BCUT2D eigenvalue weighted by atomic mass is 9.77. The second kappa shape index (κ2) is 6.88. The monoisotopic (exact) mass is 328 g/mol. The zero-order valence-electron chi connectivity index (χ0n) is 13.6. The quantitative estimate of drug-likeness (QED) is 0.650. The second-order valence-electron chi connectivity index (χ2n) is 6.38. The van der Waals surface area contributed by atoms with Crippen LogP contribution in [0.15, 0.2) is 17.0 Å². The van der Waals surface area contributed by atoms with Gasteiger partial charge in [-0.3, -0.25) is 0 Å². The van der Waals surface area contributed by atoms with E-state index in [4.69, 9.17) is 0 Å². The van der Waals surface area contributed by atoms with Gasteiger partial charge in [0.25, 0.3) is 5.92 Å². The van der Waals surface area contributed by atoms with Crippen molar-refractivity contribution >= 4 is 12.6 Å². The van der Waals surface area contributed by atoms with Gasteiger partial charge in [0.1, 0.15) is 6.10 Å². The van der Waals surface area contributed by atoms with Gasteiger partial charge in [0, 0.05) is 16.9 Å². The molecule has 0 spiro atoms. The third-order valence-corrected chi connectivity index (χ3v) is 5.22. The van der Waals surface area contributed by atoms with E-state index < -0.39 is 12.0 Å². The van der Waals surface area contributed by atoms with Gasteiger partial charge in [-0.15, -0.1) is 12.6 Å². The second-order valence-corrected chi connectivity index (χ2v) is 6.86. The molecule has 1 aromatic carbocycles. The number of fused-ring (bicyclic) bond motifs is 1. The number of rotatable bonds is 1. The molecule has 0 aromatic heterocycles. The van der Waals surface area contributed by atoms with Crippen molar-refractivity contribution in [1.82, 2.24) is 0 Å². The maximum absolute atomic E-state index is 13.9. The first-order valence-electron chi connectivity index (χ1n) is 8.30. The van der Waals surface area contributed by atoms with E-state index in [9.17, 15) is 13.9 Å². The summed E-state index contributed by atoms with van der Waals surface area (Å²) in [4.78, 5) is 0.484. The van der Waals surface area contributed by atoms with E-state index in [-0.39, 0.29) is 6.42 Å². The molecule has 2 aliphatic rings. The predicted octanol–water partition coefficient (Wildman–Crippen LogP) is 5.52. The number of aliphatic hydroxyl groups is 1. The Kier molecular flexibility index (Phi) is 5.54. The summed E-state index contributed by atoms with van der Waals surface area (Å²) in [5.41, 5.74) is 2.02. The first-order chi connectivity index (χ1) is 10.4. The van der Waals surface area contributed by atoms with Gasteiger partial charge in [-0.2, -0.15) is 0 Å². The van der Waals surface area contributed by atoms with Crippen LogP contribution in [0, 0.1) is 5.92 Å². The van der Waals surface area contributed by atoms with Crippen molar-refractivity contribution in [2.75, 3.05) is 0 Å². The summed E-state index contributed by atoms with van der Waals surface area (Å²) in [6.45, 7) is 6.23. The number of benzene rings is 1. The van der Waals surface area contributed by atoms with Gasteiger partial charge in [-0.05, 0) is 41.9 Å². The third kappa shape index (κ3) is 3.18. The number of alkyl halides is 2. The SMILES string of the molecule is CC.CC1CCCC(c2ccc(S)c3c2CC(F)(F)C3O)C1. The number of aliphatic hydroxyl groups excluding tert-OH is 1. The van der Waals surface area contributed by atoms with Crippen molar-refractivity contribution in [3.63, 3.8) is 0 Å². The molecule has 1 aromatic rings. The minimum atomic E-state index is -3.06. The molecule has 0 aliphatic heterocycles. The van der Waals surface area contributed by atoms with E-state index in [2.05, 4.69) is 19.6 Å². The molecular formula is C18H26F2OS. The highest BCUT2D eigenvalue weighted by atomic mass is 32.1. The average molecular weight is 328 g/mol. The highest BCUT2D eigenvalue weighted by Crippen LogP contribution is 2.49. The molecule has 124 valence electrons. The molecule has 3 atom stereocenters. The standard InChI is InChI=1S/C16H20F2OS.C2H6/c1-9-3-2-4-10(7-9)11-5-6-13(20)14-12(11)8-16(17,18)15(14)19;1-2/h5-6,9-10,15,19-20H,2-4,7-8H2,1H3;1-2H3. The Bertz CT molecular complexity index is 530. The van der Waals surface area contributed by atoms with Crippen LogP contribution >= 0.6 is 12.6 Å². The summed E-state index contributed by atoms with van der Waals surface area (Å²) in [6.07, 6.45) is 2.44. The van der Waals surface area contributed by atoms with Crippen LogP contribution < -0.4 is 0 Å². The van der Waals surface area contributed by atoms with E-state index in [0.717, 1.165) is 24.8 Å². The molecule has 1 nitrogen and oxygen atoms in total. The van der Waals surface area contributed by atoms with E-state index in [1.807, 2.05) is 19.9 Å². The zero-order valence-corrected chi connectivity index (χ0v) is 14.5. The fraction of sp³-hybridized carbons (Fsp3) is 0.667. The lowest BCUT2D eigenvalue weighted by Crippen LogP contribution is -2.21. The number of hydrogen-bond acceptors (Lipinski definition) is 2. The highest BCUT2D eigenvalue weighted by molar-refractivity contribution is 7.80. The molecule has 0 heterocycles. The average Bonchev–Trinajstić information content (AvgIpc) is 2.73. The molecule has 1 N–H and O–H groups in total. The first kappa shape index (κ1) is 17.7. The Morgan fingerprint density at radius 1 is 1.23 bits per heavy atom. The molecule has 0 radical (unpaired) electrons. The molecule has 0 saturated heterocycles. The van der Waals surface area contributed by atoms with E-state index in [1.54, 1.807) is 6.07 Å². The maximum Gasteiger partial charge on any atom is 0.281 e. The van der Waals surface area contributed by atoms with Crippen molar-refractivity contribution in [2.24, 2.45) is 5.92 Å². The molecule has 2 aliphatic carbocycles. The van der Waals surface area contributed by atoms with Crippen molar-refractivity contribution in [1.29, 1.82) is 0 Å². The molecule has 0 bridgehead atoms. The van der Waals surface area contributed by atoms with Gasteiger partial charge in [0.05, 0.1) is 0 Å². The number of hydrogen-bond donors (Lipinski definition) is 2. The Hall–Kier alpha value is -0.610. The zero-order chi connectivity index (χ0) is 16.5. The van der Waals surface area contributed by atoms with Gasteiger partial charge < -0.3 is 5.11 Å². The first-order valence-corrected chi connectivity index (χ1v) is 8.75. The summed E-state index contributed by atoms with van der Waals surface area (Å²) >= 11 is 4.26. The van der Waals surface area contributed by atoms with Crippen molar-refractivity contribution in [2.45, 2.75) is 75.7 Å². The summed E-state index contributed by atoms with van der Waals surface area (Å²) < 4.78 is 27.7. The smallest absolute Gasteiger partial charge is 0.281 e. The molecule has 4 heteroatoms. The fourth-order valence-electron chi connectivity index (χ4n) is 3.81. The van der Waals surface area contributed by atoms with Crippen LogP contribution in [0.25, 0.3) is 0 Å². The van der Waals surface area contributed by atoms with Crippen LogP contribution in [0.5, 0.6) is 0 Å². The van der Waals surface area contributed by atoms with Crippen LogP contribution in [-0.4, -0.2) is 11.0 Å². The fourth-order valence-corrected chi connectivity index (χ4v) is 4.15. The van der Waals surface area contributed by atoms with Gasteiger partial charge in [-0.1, -0.05) is 39.7 Å². The minimum absolute atomic E-state index is 0.349. The lowest BCUT2D eigenvalue weighted by molar-refractivity contribution is -0.0975. The van der Waals surface area contributed by atoms with Crippen molar-refractivity contribution < 1.29 is 13.9 Å². The van der Waals surface area contributed by atoms with Gasteiger partial charge in [0.2, 0.25) is 0 Å². The summed E-state index contributed by atoms with van der Waals surface area (Å²) in [6, 6.07) is 3.71. The Balaban J connectivity index is 0.000000847. The van der Waals surface area contributed by atoms with E-state index in [0.29, 0.717) is 27.9 Å². The topological polar surface area (TPSA) is 20.2 Å². The normalized spacial score (nSPS) is 29.5. The van der Waals surface area contributed by atoms with Crippen molar-refractivity contribution in [3.05, 3.63) is 28.8 Å². The summed E-state index contributed by atoms with van der Waals surface area (Å²) in [5.74, 6) is -2.06. The van der Waals surface area contributed by atoms with Crippen LogP contribution in [0.3, 0.4) is 0 Å². The lowest BCUT2D eigenvalue weighted by Gasteiger charge is -2.28. The van der Waals surface area contributed by atoms with Crippen LogP contribution in [0.2, 0.25) is 0 Å². The molecule has 0 amide bonds. The van der Waals surface area contributed by atoms with Crippen molar-refractivity contribution in [3.8, 4) is 0 Å². The third-order valence-electron chi connectivity index (χ3n) is 4.83. The highest BCUT2D eigenvalue weighted by Gasteiger charge is 2.49. The van der Waals surface area contributed by atoms with E-state index in [1.165, 1.54) is 6.42 Å². The molecular weight excluding hydrogens is 302 g/mol. The summed E-state index contributed by atoms with van der Waals surface area (Å²) in [7, 11) is 0. The van der Waals surface area contributed by atoms with Crippen LogP contribution in [0.1, 0.15) is 75.2 Å². The molecule has 1 fully saturated rings. The largest absolute Gasteiger partial charge is 0.382 e. The van der Waals surface area contributed by atoms with Gasteiger partial charge in [0.15, 0.2) is 0 Å². The van der Waals surface area contributed by atoms with Crippen LogP contribution in [0.4, 0.5) is 8.78 Å². The Labute approximate surface area is 137 Å². The molecule has 3 rings (SSSR count). The molecule has 22 heavy (non-hydrogen) atoms. The van der Waals surface area contributed by atoms with Crippen LogP contribution in [-0.2, 0) is 6.42 Å². The molecule has 1 saturated carbocycles.